The number of amides is 1. The standard InChI is InChI=1S/C23H27N5O/c1-15(2)18-8-5-9-19(16(3)4)22(18)28-23(29)20-13-27-21(14-25-20)26-12-17-7-6-10-24-11-17/h5-11,13-16H,12H2,1-4H3,(H,26,27)(H,28,29). The normalized spacial score (nSPS) is 11.0. The Labute approximate surface area is 171 Å². The molecule has 0 saturated heterocycles. The highest BCUT2D eigenvalue weighted by Gasteiger charge is 2.17. The molecule has 2 heterocycles. The minimum atomic E-state index is -0.258. The number of para-hydroxylation sites is 1. The van der Waals surface area contributed by atoms with Crippen LogP contribution in [0.3, 0.4) is 0 Å². The Balaban J connectivity index is 1.73. The largest absolute Gasteiger partial charge is 0.365 e. The van der Waals surface area contributed by atoms with Crippen LogP contribution in [0.2, 0.25) is 0 Å². The molecule has 29 heavy (non-hydrogen) atoms. The number of rotatable bonds is 7. The number of pyridine rings is 1. The van der Waals surface area contributed by atoms with Crippen molar-refractivity contribution < 1.29 is 4.79 Å². The van der Waals surface area contributed by atoms with E-state index in [4.69, 9.17) is 0 Å². The number of aromatic nitrogens is 3. The van der Waals surface area contributed by atoms with Crippen molar-refractivity contribution in [1.82, 2.24) is 15.0 Å². The fourth-order valence-electron chi connectivity index (χ4n) is 3.10. The number of hydrogen-bond acceptors (Lipinski definition) is 5. The number of hydrogen-bond donors (Lipinski definition) is 2. The van der Waals surface area contributed by atoms with Gasteiger partial charge in [0.15, 0.2) is 0 Å². The lowest BCUT2D eigenvalue weighted by Crippen LogP contribution is -2.17. The highest BCUT2D eigenvalue weighted by molar-refractivity contribution is 6.03. The quantitative estimate of drug-likeness (QED) is 0.595. The molecule has 150 valence electrons. The number of nitrogens with one attached hydrogen (secondary N) is 2. The van der Waals surface area contributed by atoms with E-state index in [1.165, 1.54) is 6.20 Å². The van der Waals surface area contributed by atoms with Crippen LogP contribution in [0.4, 0.5) is 11.5 Å². The topological polar surface area (TPSA) is 79.8 Å². The van der Waals surface area contributed by atoms with Crippen molar-refractivity contribution in [3.05, 3.63) is 77.5 Å². The molecule has 1 aromatic carbocycles. The second-order valence-electron chi connectivity index (χ2n) is 7.58. The molecule has 6 heteroatoms. The van der Waals surface area contributed by atoms with Crippen molar-refractivity contribution in [3.63, 3.8) is 0 Å². The third-order valence-electron chi connectivity index (χ3n) is 4.69. The van der Waals surface area contributed by atoms with E-state index >= 15 is 0 Å². The lowest BCUT2D eigenvalue weighted by molar-refractivity contribution is 0.102. The Morgan fingerprint density at radius 3 is 2.21 bits per heavy atom. The van der Waals surface area contributed by atoms with Gasteiger partial charge in [-0.05, 0) is 34.6 Å². The number of carbonyl (C=O) groups is 1. The Kier molecular flexibility index (Phi) is 6.54. The van der Waals surface area contributed by atoms with Crippen LogP contribution in [0.5, 0.6) is 0 Å². The van der Waals surface area contributed by atoms with E-state index in [0.29, 0.717) is 24.2 Å². The predicted molar refractivity (Wildman–Crippen MR) is 116 cm³/mol. The van der Waals surface area contributed by atoms with Crippen LogP contribution in [0.1, 0.15) is 66.7 Å². The van der Waals surface area contributed by atoms with Gasteiger partial charge >= 0.3 is 0 Å². The molecule has 0 spiro atoms. The summed E-state index contributed by atoms with van der Waals surface area (Å²) < 4.78 is 0. The van der Waals surface area contributed by atoms with Gasteiger partial charge < -0.3 is 10.6 Å². The van der Waals surface area contributed by atoms with Gasteiger partial charge in [-0.15, -0.1) is 0 Å². The average Bonchev–Trinajstić information content (AvgIpc) is 2.73. The zero-order valence-corrected chi connectivity index (χ0v) is 17.3. The molecule has 0 fully saturated rings. The molecule has 6 nitrogen and oxygen atoms in total. The third-order valence-corrected chi connectivity index (χ3v) is 4.69. The summed E-state index contributed by atoms with van der Waals surface area (Å²) in [5.74, 6) is 0.949. The number of nitrogens with zero attached hydrogens (tertiary/aromatic N) is 3. The molecule has 2 aromatic heterocycles. The zero-order chi connectivity index (χ0) is 20.8. The first kappa shape index (κ1) is 20.5. The van der Waals surface area contributed by atoms with E-state index in [1.807, 2.05) is 18.2 Å². The first-order valence-electron chi connectivity index (χ1n) is 9.84. The van der Waals surface area contributed by atoms with Gasteiger partial charge in [-0.3, -0.25) is 9.78 Å². The van der Waals surface area contributed by atoms with E-state index in [2.05, 4.69) is 65.4 Å². The highest BCUT2D eigenvalue weighted by atomic mass is 16.1. The van der Waals surface area contributed by atoms with Crippen LogP contribution in [0.15, 0.2) is 55.1 Å². The smallest absolute Gasteiger partial charge is 0.275 e. The molecule has 0 aliphatic rings. The Morgan fingerprint density at radius 2 is 1.66 bits per heavy atom. The van der Waals surface area contributed by atoms with E-state index in [0.717, 1.165) is 22.4 Å². The van der Waals surface area contributed by atoms with Crippen molar-refractivity contribution in [2.75, 3.05) is 10.6 Å². The average molecular weight is 390 g/mol. The van der Waals surface area contributed by atoms with Gasteiger partial charge in [0.2, 0.25) is 0 Å². The second-order valence-corrected chi connectivity index (χ2v) is 7.58. The Morgan fingerprint density at radius 1 is 0.931 bits per heavy atom. The van der Waals surface area contributed by atoms with E-state index in [-0.39, 0.29) is 11.6 Å². The summed E-state index contributed by atoms with van der Waals surface area (Å²) in [5, 5.41) is 6.24. The van der Waals surface area contributed by atoms with Crippen molar-refractivity contribution in [2.45, 2.75) is 46.1 Å². The fourth-order valence-corrected chi connectivity index (χ4v) is 3.10. The number of anilines is 2. The Hall–Kier alpha value is -3.28. The van der Waals surface area contributed by atoms with Crippen molar-refractivity contribution >= 4 is 17.4 Å². The second kappa shape index (κ2) is 9.28. The molecule has 0 aliphatic heterocycles. The molecule has 0 bridgehead atoms. The highest BCUT2D eigenvalue weighted by Crippen LogP contribution is 2.32. The summed E-state index contributed by atoms with van der Waals surface area (Å²) in [5.41, 5.74) is 4.44. The van der Waals surface area contributed by atoms with Crippen LogP contribution in [0, 0.1) is 0 Å². The van der Waals surface area contributed by atoms with Crippen molar-refractivity contribution in [1.29, 1.82) is 0 Å². The first-order chi connectivity index (χ1) is 14.0. The van der Waals surface area contributed by atoms with Gasteiger partial charge in [0, 0.05) is 24.6 Å². The molecular formula is C23H27N5O. The van der Waals surface area contributed by atoms with E-state index in [9.17, 15) is 4.79 Å². The molecular weight excluding hydrogens is 362 g/mol. The molecule has 3 aromatic rings. The van der Waals surface area contributed by atoms with Gasteiger partial charge in [0.05, 0.1) is 12.4 Å². The number of benzene rings is 1. The van der Waals surface area contributed by atoms with Gasteiger partial charge in [0.1, 0.15) is 11.5 Å². The summed E-state index contributed by atoms with van der Waals surface area (Å²) in [4.78, 5) is 25.5. The maximum Gasteiger partial charge on any atom is 0.275 e. The molecule has 2 N–H and O–H groups in total. The van der Waals surface area contributed by atoms with Crippen LogP contribution >= 0.6 is 0 Å². The molecule has 0 saturated carbocycles. The van der Waals surface area contributed by atoms with Crippen LogP contribution in [-0.2, 0) is 6.54 Å². The monoisotopic (exact) mass is 389 g/mol. The van der Waals surface area contributed by atoms with Crippen molar-refractivity contribution in [2.24, 2.45) is 0 Å². The lowest BCUT2D eigenvalue weighted by Gasteiger charge is -2.20. The van der Waals surface area contributed by atoms with Gasteiger partial charge in [-0.1, -0.05) is 52.0 Å². The zero-order valence-electron chi connectivity index (χ0n) is 17.3. The maximum absolute atomic E-state index is 12.8. The van der Waals surface area contributed by atoms with Crippen molar-refractivity contribution in [3.8, 4) is 0 Å². The van der Waals surface area contributed by atoms with Gasteiger partial charge in [-0.2, -0.15) is 0 Å². The van der Waals surface area contributed by atoms with E-state index in [1.54, 1.807) is 18.6 Å². The molecule has 0 radical (unpaired) electrons. The molecule has 1 amide bonds. The fraction of sp³-hybridized carbons (Fsp3) is 0.304. The van der Waals surface area contributed by atoms with E-state index < -0.39 is 0 Å². The van der Waals surface area contributed by atoms with Crippen LogP contribution in [0.25, 0.3) is 0 Å². The maximum atomic E-state index is 12.8. The molecule has 0 unspecified atom stereocenters. The molecule has 0 aliphatic carbocycles. The Bertz CT molecular complexity index is 927. The van der Waals surface area contributed by atoms with Gasteiger partial charge in [-0.25, -0.2) is 9.97 Å². The van der Waals surface area contributed by atoms with Crippen LogP contribution in [-0.4, -0.2) is 20.9 Å². The molecule has 3 rings (SSSR count). The third kappa shape index (κ3) is 5.16. The summed E-state index contributed by atoms with van der Waals surface area (Å²) in [7, 11) is 0. The molecule has 0 atom stereocenters. The first-order valence-corrected chi connectivity index (χ1v) is 9.84. The summed E-state index contributed by atoms with van der Waals surface area (Å²) in [6.07, 6.45) is 6.59. The van der Waals surface area contributed by atoms with Crippen LogP contribution < -0.4 is 10.6 Å². The summed E-state index contributed by atoms with van der Waals surface area (Å²) in [6.45, 7) is 9.08. The minimum absolute atomic E-state index is 0.258. The summed E-state index contributed by atoms with van der Waals surface area (Å²) in [6, 6.07) is 10.0. The number of carbonyl (C=O) groups excluding carboxylic acids is 1. The van der Waals surface area contributed by atoms with Gasteiger partial charge in [0.25, 0.3) is 5.91 Å². The minimum Gasteiger partial charge on any atom is -0.365 e. The summed E-state index contributed by atoms with van der Waals surface area (Å²) >= 11 is 0. The predicted octanol–water partition coefficient (Wildman–Crippen LogP) is 4.98. The lowest BCUT2D eigenvalue weighted by atomic mass is 9.92. The SMILES string of the molecule is CC(C)c1cccc(C(C)C)c1NC(=O)c1cnc(NCc2cccnc2)cn1.